The number of halogens is 2. The molecule has 0 aliphatic heterocycles. The van der Waals surface area contributed by atoms with Gasteiger partial charge in [-0.25, -0.2) is 0 Å². The van der Waals surface area contributed by atoms with Crippen LogP contribution in [0.4, 0.5) is 11.4 Å². The van der Waals surface area contributed by atoms with Crippen LogP contribution in [0, 0.1) is 21.4 Å². The maximum Gasteiger partial charge on any atom is 0.274 e. The standard InChI is InChI=1S/C14H9BrClN3O2/c15-11-1-4-14(19(20)21)10(5-11)8-18-12-2-3-13(16)9(6-12)7-17/h1-6,18H,8H2. The Balaban J connectivity index is 2.22. The van der Waals surface area contributed by atoms with Crippen molar-refractivity contribution >= 4 is 38.9 Å². The van der Waals surface area contributed by atoms with Gasteiger partial charge in [-0.05, 0) is 30.3 Å². The van der Waals surface area contributed by atoms with Crippen molar-refractivity contribution in [1.82, 2.24) is 0 Å². The maximum atomic E-state index is 11.0. The van der Waals surface area contributed by atoms with Gasteiger partial charge >= 0.3 is 0 Å². The highest BCUT2D eigenvalue weighted by Gasteiger charge is 2.13. The lowest BCUT2D eigenvalue weighted by Gasteiger charge is -2.08. The topological polar surface area (TPSA) is 79.0 Å². The lowest BCUT2D eigenvalue weighted by atomic mass is 10.1. The Kier molecular flexibility index (Phi) is 4.78. The summed E-state index contributed by atoms with van der Waals surface area (Å²) < 4.78 is 0.763. The van der Waals surface area contributed by atoms with E-state index in [0.29, 0.717) is 21.8 Å². The number of benzene rings is 2. The van der Waals surface area contributed by atoms with Gasteiger partial charge in [0.2, 0.25) is 0 Å². The van der Waals surface area contributed by atoms with Crippen LogP contribution >= 0.6 is 27.5 Å². The van der Waals surface area contributed by atoms with Gasteiger partial charge in [-0.1, -0.05) is 27.5 Å². The summed E-state index contributed by atoms with van der Waals surface area (Å²) >= 11 is 9.15. The molecule has 0 heterocycles. The molecule has 2 rings (SSSR count). The van der Waals surface area contributed by atoms with Crippen LogP contribution in [0.1, 0.15) is 11.1 Å². The van der Waals surface area contributed by atoms with Crippen molar-refractivity contribution < 1.29 is 4.92 Å². The van der Waals surface area contributed by atoms with Gasteiger partial charge in [0.05, 0.1) is 15.5 Å². The third-order valence-electron chi connectivity index (χ3n) is 2.81. The minimum atomic E-state index is -0.425. The van der Waals surface area contributed by atoms with Crippen LogP contribution in [-0.4, -0.2) is 4.92 Å². The lowest BCUT2D eigenvalue weighted by molar-refractivity contribution is -0.385. The number of hydrogen-bond donors (Lipinski definition) is 1. The summed E-state index contributed by atoms with van der Waals surface area (Å²) in [6.07, 6.45) is 0. The van der Waals surface area contributed by atoms with Gasteiger partial charge in [0.1, 0.15) is 6.07 Å². The molecule has 0 spiro atoms. The Hall–Kier alpha value is -2.10. The molecule has 0 atom stereocenters. The monoisotopic (exact) mass is 365 g/mol. The Morgan fingerprint density at radius 1 is 1.33 bits per heavy atom. The molecule has 0 bridgehead atoms. The number of nitro groups is 1. The molecule has 0 aromatic heterocycles. The van der Waals surface area contributed by atoms with E-state index < -0.39 is 4.92 Å². The van der Waals surface area contributed by atoms with Crippen molar-refractivity contribution in [3.63, 3.8) is 0 Å². The number of anilines is 1. The smallest absolute Gasteiger partial charge is 0.274 e. The SMILES string of the molecule is N#Cc1cc(NCc2cc(Br)ccc2[N+](=O)[O-])ccc1Cl. The summed E-state index contributed by atoms with van der Waals surface area (Å²) in [5.41, 5.74) is 1.61. The largest absolute Gasteiger partial charge is 0.381 e. The van der Waals surface area contributed by atoms with Gasteiger partial charge < -0.3 is 5.32 Å². The molecule has 106 valence electrons. The van der Waals surface area contributed by atoms with Crippen LogP contribution in [0.3, 0.4) is 0 Å². The highest BCUT2D eigenvalue weighted by Crippen LogP contribution is 2.25. The van der Waals surface area contributed by atoms with Crippen LogP contribution in [-0.2, 0) is 6.54 Å². The molecule has 0 aliphatic carbocycles. The fourth-order valence-corrected chi connectivity index (χ4v) is 2.36. The molecule has 0 fully saturated rings. The first kappa shape index (κ1) is 15.3. The van der Waals surface area contributed by atoms with E-state index in [1.165, 1.54) is 6.07 Å². The number of nitrogens with one attached hydrogen (secondary N) is 1. The van der Waals surface area contributed by atoms with E-state index in [-0.39, 0.29) is 12.2 Å². The third-order valence-corrected chi connectivity index (χ3v) is 3.63. The first-order valence-corrected chi connectivity index (χ1v) is 7.04. The fraction of sp³-hybridized carbons (Fsp3) is 0.0714. The minimum Gasteiger partial charge on any atom is -0.381 e. The zero-order valence-electron chi connectivity index (χ0n) is 10.6. The van der Waals surface area contributed by atoms with Crippen molar-refractivity contribution in [1.29, 1.82) is 5.26 Å². The Morgan fingerprint density at radius 2 is 2.10 bits per heavy atom. The second-order valence-corrected chi connectivity index (χ2v) is 5.51. The zero-order valence-corrected chi connectivity index (χ0v) is 13.0. The molecule has 21 heavy (non-hydrogen) atoms. The second-order valence-electron chi connectivity index (χ2n) is 4.19. The molecule has 0 amide bonds. The summed E-state index contributed by atoms with van der Waals surface area (Å²) in [6.45, 7) is 0.266. The summed E-state index contributed by atoms with van der Waals surface area (Å²) in [7, 11) is 0. The van der Waals surface area contributed by atoms with E-state index in [1.54, 1.807) is 30.3 Å². The predicted molar refractivity (Wildman–Crippen MR) is 84.3 cm³/mol. The van der Waals surface area contributed by atoms with E-state index in [4.69, 9.17) is 16.9 Å². The van der Waals surface area contributed by atoms with Crippen LogP contribution in [0.5, 0.6) is 0 Å². The normalized spacial score (nSPS) is 9.95. The molecular weight excluding hydrogens is 358 g/mol. The van der Waals surface area contributed by atoms with Crippen molar-refractivity contribution in [2.24, 2.45) is 0 Å². The van der Waals surface area contributed by atoms with Crippen LogP contribution < -0.4 is 5.32 Å². The lowest BCUT2D eigenvalue weighted by Crippen LogP contribution is -2.03. The number of nitriles is 1. The van der Waals surface area contributed by atoms with Crippen molar-refractivity contribution in [3.8, 4) is 6.07 Å². The van der Waals surface area contributed by atoms with E-state index in [2.05, 4.69) is 21.2 Å². The van der Waals surface area contributed by atoms with Crippen LogP contribution in [0.2, 0.25) is 5.02 Å². The van der Waals surface area contributed by atoms with E-state index in [9.17, 15) is 10.1 Å². The summed E-state index contributed by atoms with van der Waals surface area (Å²) in [5.74, 6) is 0. The Bertz CT molecular complexity index is 743. The number of nitro benzene ring substituents is 1. The zero-order chi connectivity index (χ0) is 15.4. The second kappa shape index (κ2) is 6.57. The number of rotatable bonds is 4. The molecule has 0 saturated heterocycles. The van der Waals surface area contributed by atoms with Gasteiger partial charge in [-0.2, -0.15) is 5.26 Å². The van der Waals surface area contributed by atoms with Crippen molar-refractivity contribution in [2.75, 3.05) is 5.32 Å². The Labute approximate surface area is 134 Å². The molecule has 2 aromatic rings. The summed E-state index contributed by atoms with van der Waals surface area (Å²) in [4.78, 5) is 10.6. The van der Waals surface area contributed by atoms with Gasteiger partial charge in [0.15, 0.2) is 0 Å². The van der Waals surface area contributed by atoms with Gasteiger partial charge in [0, 0.05) is 28.3 Å². The first-order valence-electron chi connectivity index (χ1n) is 5.87. The van der Waals surface area contributed by atoms with Gasteiger partial charge in [-0.3, -0.25) is 10.1 Å². The fourth-order valence-electron chi connectivity index (χ4n) is 1.79. The molecule has 2 aromatic carbocycles. The van der Waals surface area contributed by atoms with E-state index in [1.807, 2.05) is 6.07 Å². The highest BCUT2D eigenvalue weighted by atomic mass is 79.9. The first-order chi connectivity index (χ1) is 10.0. The quantitative estimate of drug-likeness (QED) is 0.638. The molecule has 1 N–H and O–H groups in total. The van der Waals surface area contributed by atoms with Crippen LogP contribution in [0.15, 0.2) is 40.9 Å². The van der Waals surface area contributed by atoms with Crippen LogP contribution in [0.25, 0.3) is 0 Å². The Morgan fingerprint density at radius 3 is 2.76 bits per heavy atom. The summed E-state index contributed by atoms with van der Waals surface area (Å²) in [5, 5.41) is 23.3. The molecule has 7 heteroatoms. The van der Waals surface area contributed by atoms with Gasteiger partial charge in [-0.15, -0.1) is 0 Å². The highest BCUT2D eigenvalue weighted by molar-refractivity contribution is 9.10. The summed E-state index contributed by atoms with van der Waals surface area (Å²) in [6, 6.07) is 11.7. The molecule has 0 unspecified atom stereocenters. The maximum absolute atomic E-state index is 11.0. The number of nitrogens with zero attached hydrogens (tertiary/aromatic N) is 2. The van der Waals surface area contributed by atoms with E-state index in [0.717, 1.165) is 4.47 Å². The predicted octanol–water partition coefficient (Wildman–Crippen LogP) is 4.49. The molecule has 5 nitrogen and oxygen atoms in total. The minimum absolute atomic E-state index is 0.0418. The molecule has 0 aliphatic rings. The molecule has 0 radical (unpaired) electrons. The van der Waals surface area contributed by atoms with Gasteiger partial charge in [0.25, 0.3) is 5.69 Å². The van der Waals surface area contributed by atoms with E-state index >= 15 is 0 Å². The molecule has 0 saturated carbocycles. The number of hydrogen-bond acceptors (Lipinski definition) is 4. The average molecular weight is 367 g/mol. The van der Waals surface area contributed by atoms with Crippen molar-refractivity contribution in [2.45, 2.75) is 6.54 Å². The van der Waals surface area contributed by atoms with Crippen molar-refractivity contribution in [3.05, 3.63) is 67.1 Å². The molecular formula is C14H9BrClN3O2. The average Bonchev–Trinajstić information content (AvgIpc) is 2.46. The third kappa shape index (κ3) is 3.72.